The molecule has 0 N–H and O–H groups in total. The average Bonchev–Trinajstić information content (AvgIpc) is 0.811. The van der Waals surface area contributed by atoms with Gasteiger partial charge in [0, 0.05) is 41.7 Å². The first kappa shape index (κ1) is 15.7. The molecule has 6 heteroatoms. The van der Waals surface area contributed by atoms with Crippen LogP contribution in [0.5, 0.6) is 0 Å². The molecule has 0 atom stereocenters. The Balaban J connectivity index is -0.0000000450. The Morgan fingerprint density at radius 1 is 1.33 bits per heavy atom. The molecule has 0 aliphatic heterocycles. The average molecular weight is 232 g/mol. The van der Waals surface area contributed by atoms with Crippen LogP contribution in [0.2, 0.25) is 0 Å². The van der Waals surface area contributed by atoms with Crippen molar-refractivity contribution in [3.05, 3.63) is 15.3 Å². The van der Waals surface area contributed by atoms with Crippen LogP contribution in [0.25, 0.3) is 0 Å². The fourth-order valence-corrected chi connectivity index (χ4v) is 0. The van der Waals surface area contributed by atoms with Gasteiger partial charge >= 0.3 is 0 Å². The van der Waals surface area contributed by atoms with Gasteiger partial charge in [0.25, 0.3) is 0 Å². The molecular formula is H3AlCeNO3-. The Kier molecular flexibility index (Phi) is 24.7. The van der Waals surface area contributed by atoms with Gasteiger partial charge in [-0.05, 0) is 0 Å². The van der Waals surface area contributed by atoms with Crippen molar-refractivity contribution in [1.29, 1.82) is 0 Å². The molecule has 0 aliphatic rings. The number of rotatable bonds is 0. The smallest absolute Gasteiger partial charge is 0.187 e. The minimum Gasteiger partial charge on any atom is -0.356 e. The number of hydrogen-bond acceptors (Lipinski definition) is 3. The van der Waals surface area contributed by atoms with Crippen LogP contribution in [0, 0.1) is 57.1 Å². The molecule has 0 radical (unpaired) electrons. The van der Waals surface area contributed by atoms with Gasteiger partial charge in [-0.15, -0.1) is 0 Å². The van der Waals surface area contributed by atoms with E-state index in [0.29, 0.717) is 0 Å². The second-order valence-corrected chi connectivity index (χ2v) is 0.224. The van der Waals surface area contributed by atoms with Crippen LogP contribution in [0.4, 0.5) is 0 Å². The van der Waals surface area contributed by atoms with Crippen molar-refractivity contribution in [2.24, 2.45) is 0 Å². The quantitative estimate of drug-likeness (QED) is 0.292. The Labute approximate surface area is 78.5 Å². The number of nitrogens with zero attached hydrogens (tertiary/aromatic N) is 1. The van der Waals surface area contributed by atoms with Gasteiger partial charge in [-0.25, -0.2) is 0 Å². The molecular weight excluding hydrogens is 229 g/mol. The van der Waals surface area contributed by atoms with Gasteiger partial charge in [0.1, 0.15) is 0 Å². The summed E-state index contributed by atoms with van der Waals surface area (Å²) in [6, 6.07) is 0. The van der Waals surface area contributed by atoms with Crippen LogP contribution in [0.1, 0.15) is 0 Å². The van der Waals surface area contributed by atoms with Gasteiger partial charge in [-0.3, -0.25) is 0 Å². The van der Waals surface area contributed by atoms with Crippen LogP contribution >= 0.6 is 0 Å². The molecule has 0 fully saturated rings. The van der Waals surface area contributed by atoms with Crippen LogP contribution in [-0.4, -0.2) is 22.4 Å². The van der Waals surface area contributed by atoms with E-state index in [1.165, 1.54) is 0 Å². The molecule has 0 aromatic rings. The monoisotopic (exact) mass is 232 g/mol. The molecule has 0 spiro atoms. The maximum absolute atomic E-state index is 8.25. The molecule has 0 aromatic carbocycles. The van der Waals surface area contributed by atoms with E-state index < -0.39 is 5.09 Å². The fraction of sp³-hybridized carbons (Fsp3) is 0. The molecule has 0 bridgehead atoms. The van der Waals surface area contributed by atoms with Crippen LogP contribution < -0.4 is 0 Å². The molecule has 34 valence electrons. The first-order valence-electron chi connectivity index (χ1n) is 0.548. The van der Waals surface area contributed by atoms with E-state index in [0.717, 1.165) is 0 Å². The zero-order valence-electron chi connectivity index (χ0n) is 2.17. The topological polar surface area (TPSA) is 66.2 Å². The van der Waals surface area contributed by atoms with E-state index in [-0.39, 0.29) is 59.1 Å². The summed E-state index contributed by atoms with van der Waals surface area (Å²) in [7, 11) is 0. The van der Waals surface area contributed by atoms with Crippen LogP contribution in [-0.2, 0) is 0 Å². The van der Waals surface area contributed by atoms with Crippen molar-refractivity contribution in [2.75, 3.05) is 0 Å². The Hall–Kier alpha value is 1.11. The molecule has 0 aromatic heterocycles. The first-order chi connectivity index (χ1) is 1.73. The minimum absolute atomic E-state index is 0. The molecule has 4 nitrogen and oxygen atoms in total. The van der Waals surface area contributed by atoms with E-state index in [9.17, 15) is 0 Å². The van der Waals surface area contributed by atoms with Crippen molar-refractivity contribution < 1.29 is 46.8 Å². The minimum atomic E-state index is -1.75. The van der Waals surface area contributed by atoms with Crippen LogP contribution in [0.3, 0.4) is 0 Å². The Morgan fingerprint density at radius 3 is 1.33 bits per heavy atom. The van der Waals surface area contributed by atoms with Gasteiger partial charge in [-0.1, -0.05) is 0 Å². The number of hydrogen-bond donors (Lipinski definition) is 0. The summed E-state index contributed by atoms with van der Waals surface area (Å²) >= 11 is 0. The standard InChI is InChI=1S/Al.Ce.NO3.3H/c;;2-1(3)4;;;/q;;-1;;;. The fourth-order valence-electron chi connectivity index (χ4n) is 0. The largest absolute Gasteiger partial charge is 0.356 e. The third-order valence-electron chi connectivity index (χ3n) is 0. The second kappa shape index (κ2) is 9.44. The van der Waals surface area contributed by atoms with Crippen molar-refractivity contribution in [1.82, 2.24) is 0 Å². The SMILES string of the molecule is O=[N+]([O-])[O-].[AlH3].[Ce]. The molecule has 0 amide bonds. The second-order valence-electron chi connectivity index (χ2n) is 0.224. The normalized spacial score (nSPS) is 4.00. The van der Waals surface area contributed by atoms with Crippen molar-refractivity contribution in [2.45, 2.75) is 0 Å². The maximum atomic E-state index is 8.25. The van der Waals surface area contributed by atoms with E-state index in [1.807, 2.05) is 0 Å². The summed E-state index contributed by atoms with van der Waals surface area (Å²) in [5.74, 6) is 0. The van der Waals surface area contributed by atoms with Gasteiger partial charge in [-0.2, -0.15) is 0 Å². The van der Waals surface area contributed by atoms with Crippen molar-refractivity contribution in [3.63, 3.8) is 0 Å². The maximum Gasteiger partial charge on any atom is 0.187 e. The van der Waals surface area contributed by atoms with Crippen molar-refractivity contribution in [3.8, 4) is 0 Å². The predicted molar refractivity (Wildman–Crippen MR) is 20.3 cm³/mol. The van der Waals surface area contributed by atoms with E-state index in [4.69, 9.17) is 15.3 Å². The zero-order valence-corrected chi connectivity index (χ0v) is 5.31. The molecule has 0 rings (SSSR count). The Bertz CT molecular complexity index is 33.8. The third kappa shape index (κ3) is 70.1. The summed E-state index contributed by atoms with van der Waals surface area (Å²) in [4.78, 5) is 8.25. The summed E-state index contributed by atoms with van der Waals surface area (Å²) in [5, 5.41) is 14.8. The molecule has 0 unspecified atom stereocenters. The molecule has 0 saturated heterocycles. The molecule has 0 saturated carbocycles. The van der Waals surface area contributed by atoms with Crippen molar-refractivity contribution >= 4 is 17.4 Å². The summed E-state index contributed by atoms with van der Waals surface area (Å²) < 4.78 is 0. The third-order valence-corrected chi connectivity index (χ3v) is 0. The van der Waals surface area contributed by atoms with Gasteiger partial charge < -0.3 is 15.3 Å². The van der Waals surface area contributed by atoms with Gasteiger partial charge in [0.15, 0.2) is 17.4 Å². The van der Waals surface area contributed by atoms with Gasteiger partial charge in [0.05, 0.1) is 5.09 Å². The van der Waals surface area contributed by atoms with E-state index in [1.54, 1.807) is 0 Å². The van der Waals surface area contributed by atoms with E-state index in [2.05, 4.69) is 0 Å². The van der Waals surface area contributed by atoms with Gasteiger partial charge in [0.2, 0.25) is 0 Å². The Morgan fingerprint density at radius 2 is 1.33 bits per heavy atom. The molecule has 6 heavy (non-hydrogen) atoms. The van der Waals surface area contributed by atoms with E-state index >= 15 is 0 Å². The zero-order chi connectivity index (χ0) is 3.58. The molecule has 0 aliphatic carbocycles. The predicted octanol–water partition coefficient (Wildman–Crippen LogP) is -1.42. The molecule has 0 heterocycles. The summed E-state index contributed by atoms with van der Waals surface area (Å²) in [6.45, 7) is 0. The first-order valence-corrected chi connectivity index (χ1v) is 0.548. The van der Waals surface area contributed by atoms with Crippen LogP contribution in [0.15, 0.2) is 0 Å². The summed E-state index contributed by atoms with van der Waals surface area (Å²) in [6.07, 6.45) is 0. The summed E-state index contributed by atoms with van der Waals surface area (Å²) in [5.41, 5.74) is 0.